The standard InChI is InChI=1S/C17H17NO3/c1-12-3-5-13(6-4-12)16(19)11-18-17(20)14-7-9-15(21-2)10-8-14/h3-10H,11H2,1-2H3,(H,18,20). The average molecular weight is 283 g/mol. The van der Waals surface area contributed by atoms with Gasteiger partial charge in [-0.2, -0.15) is 0 Å². The van der Waals surface area contributed by atoms with Crippen molar-refractivity contribution in [2.45, 2.75) is 6.92 Å². The van der Waals surface area contributed by atoms with Gasteiger partial charge >= 0.3 is 0 Å². The summed E-state index contributed by atoms with van der Waals surface area (Å²) in [6.07, 6.45) is 0. The van der Waals surface area contributed by atoms with Crippen LogP contribution in [0.2, 0.25) is 0 Å². The number of carbonyl (C=O) groups is 2. The van der Waals surface area contributed by atoms with Gasteiger partial charge in [-0.25, -0.2) is 0 Å². The third-order valence-electron chi connectivity index (χ3n) is 3.14. The molecule has 2 aromatic rings. The Balaban J connectivity index is 1.93. The summed E-state index contributed by atoms with van der Waals surface area (Å²) >= 11 is 0. The van der Waals surface area contributed by atoms with E-state index in [1.165, 1.54) is 0 Å². The molecule has 2 rings (SSSR count). The first kappa shape index (κ1) is 14.8. The molecular formula is C17H17NO3. The number of ether oxygens (including phenoxy) is 1. The summed E-state index contributed by atoms with van der Waals surface area (Å²) < 4.78 is 5.03. The Morgan fingerprint density at radius 1 is 0.952 bits per heavy atom. The molecule has 2 aromatic carbocycles. The SMILES string of the molecule is COc1ccc(C(=O)NCC(=O)c2ccc(C)cc2)cc1. The van der Waals surface area contributed by atoms with Gasteiger partial charge in [-0.05, 0) is 31.2 Å². The van der Waals surface area contributed by atoms with E-state index in [0.717, 1.165) is 5.56 Å². The van der Waals surface area contributed by atoms with Gasteiger partial charge in [0, 0.05) is 11.1 Å². The summed E-state index contributed by atoms with van der Waals surface area (Å²) in [6.45, 7) is 1.94. The maximum Gasteiger partial charge on any atom is 0.251 e. The van der Waals surface area contributed by atoms with Crippen molar-refractivity contribution in [1.82, 2.24) is 5.32 Å². The molecule has 0 atom stereocenters. The second kappa shape index (κ2) is 6.70. The van der Waals surface area contributed by atoms with E-state index in [1.54, 1.807) is 43.5 Å². The lowest BCUT2D eigenvalue weighted by Gasteiger charge is -2.06. The van der Waals surface area contributed by atoms with Crippen LogP contribution in [0.25, 0.3) is 0 Å². The zero-order valence-electron chi connectivity index (χ0n) is 12.1. The molecule has 0 unspecified atom stereocenters. The lowest BCUT2D eigenvalue weighted by Crippen LogP contribution is -2.29. The largest absolute Gasteiger partial charge is 0.497 e. The van der Waals surface area contributed by atoms with Gasteiger partial charge in [0.25, 0.3) is 5.91 Å². The highest BCUT2D eigenvalue weighted by Crippen LogP contribution is 2.11. The molecule has 0 heterocycles. The van der Waals surface area contributed by atoms with Crippen LogP contribution >= 0.6 is 0 Å². The van der Waals surface area contributed by atoms with Crippen LogP contribution in [0.15, 0.2) is 48.5 Å². The van der Waals surface area contributed by atoms with Crippen LogP contribution in [-0.2, 0) is 0 Å². The molecule has 0 aliphatic carbocycles. The minimum Gasteiger partial charge on any atom is -0.497 e. The topological polar surface area (TPSA) is 55.4 Å². The molecule has 0 saturated heterocycles. The summed E-state index contributed by atoms with van der Waals surface area (Å²) in [6, 6.07) is 14.0. The van der Waals surface area contributed by atoms with Crippen LogP contribution in [0.5, 0.6) is 5.75 Å². The second-order valence-corrected chi connectivity index (χ2v) is 4.70. The summed E-state index contributed by atoms with van der Waals surface area (Å²) in [5, 5.41) is 2.62. The Hall–Kier alpha value is -2.62. The van der Waals surface area contributed by atoms with Crippen molar-refractivity contribution >= 4 is 11.7 Å². The van der Waals surface area contributed by atoms with Gasteiger partial charge in [-0.3, -0.25) is 9.59 Å². The number of hydrogen-bond acceptors (Lipinski definition) is 3. The van der Waals surface area contributed by atoms with E-state index in [4.69, 9.17) is 4.74 Å². The number of hydrogen-bond donors (Lipinski definition) is 1. The van der Waals surface area contributed by atoms with Crippen LogP contribution < -0.4 is 10.1 Å². The van der Waals surface area contributed by atoms with Gasteiger partial charge in [0.15, 0.2) is 5.78 Å². The summed E-state index contributed by atoms with van der Waals surface area (Å²) in [5.74, 6) is 0.289. The molecule has 1 amide bonds. The molecule has 0 aliphatic heterocycles. The second-order valence-electron chi connectivity index (χ2n) is 4.70. The Kier molecular flexibility index (Phi) is 4.72. The monoisotopic (exact) mass is 283 g/mol. The van der Waals surface area contributed by atoms with Crippen molar-refractivity contribution in [2.75, 3.05) is 13.7 Å². The molecule has 0 aliphatic rings. The third kappa shape index (κ3) is 3.92. The number of Topliss-reactive ketones (excluding diaryl/α,β-unsaturated/α-hetero) is 1. The molecule has 0 bridgehead atoms. The highest BCUT2D eigenvalue weighted by molar-refractivity contribution is 6.02. The summed E-state index contributed by atoms with van der Waals surface area (Å²) in [4.78, 5) is 23.9. The lowest BCUT2D eigenvalue weighted by molar-refractivity contribution is 0.0904. The molecular weight excluding hydrogens is 266 g/mol. The smallest absolute Gasteiger partial charge is 0.251 e. The third-order valence-corrected chi connectivity index (χ3v) is 3.14. The van der Waals surface area contributed by atoms with E-state index in [-0.39, 0.29) is 18.2 Å². The van der Waals surface area contributed by atoms with E-state index in [9.17, 15) is 9.59 Å². The van der Waals surface area contributed by atoms with Crippen molar-refractivity contribution in [3.05, 3.63) is 65.2 Å². The molecule has 0 spiro atoms. The molecule has 4 nitrogen and oxygen atoms in total. The van der Waals surface area contributed by atoms with Crippen LogP contribution in [0.3, 0.4) is 0 Å². The maximum atomic E-state index is 12.0. The van der Waals surface area contributed by atoms with Gasteiger partial charge in [0.05, 0.1) is 13.7 Å². The minimum atomic E-state index is -0.280. The average Bonchev–Trinajstić information content (AvgIpc) is 2.53. The zero-order valence-corrected chi connectivity index (χ0v) is 12.1. The Morgan fingerprint density at radius 2 is 1.52 bits per heavy atom. The van der Waals surface area contributed by atoms with Crippen LogP contribution in [0, 0.1) is 6.92 Å². The first-order valence-electron chi connectivity index (χ1n) is 6.62. The molecule has 0 fully saturated rings. The predicted octanol–water partition coefficient (Wildman–Crippen LogP) is 2.62. The molecule has 1 N–H and O–H groups in total. The van der Waals surface area contributed by atoms with Crippen LogP contribution in [0.4, 0.5) is 0 Å². The van der Waals surface area contributed by atoms with E-state index in [1.807, 2.05) is 19.1 Å². The van der Waals surface area contributed by atoms with E-state index >= 15 is 0 Å². The van der Waals surface area contributed by atoms with Crippen molar-refractivity contribution in [3.8, 4) is 5.75 Å². The quantitative estimate of drug-likeness (QED) is 0.858. The van der Waals surface area contributed by atoms with Crippen LogP contribution in [0.1, 0.15) is 26.3 Å². The first-order valence-corrected chi connectivity index (χ1v) is 6.62. The van der Waals surface area contributed by atoms with E-state index in [2.05, 4.69) is 5.32 Å². The van der Waals surface area contributed by atoms with Gasteiger partial charge < -0.3 is 10.1 Å². The highest BCUT2D eigenvalue weighted by Gasteiger charge is 2.09. The van der Waals surface area contributed by atoms with Gasteiger partial charge in [0.1, 0.15) is 5.75 Å². The molecule has 4 heteroatoms. The highest BCUT2D eigenvalue weighted by atomic mass is 16.5. The lowest BCUT2D eigenvalue weighted by atomic mass is 10.1. The predicted molar refractivity (Wildman–Crippen MR) is 80.8 cm³/mol. The van der Waals surface area contributed by atoms with Gasteiger partial charge in [0.2, 0.25) is 0 Å². The number of carbonyl (C=O) groups excluding carboxylic acids is 2. The number of amides is 1. The summed E-state index contributed by atoms with van der Waals surface area (Å²) in [5.41, 5.74) is 2.18. The van der Waals surface area contributed by atoms with Crippen LogP contribution in [-0.4, -0.2) is 25.3 Å². The minimum absolute atomic E-state index is 0.0199. The van der Waals surface area contributed by atoms with Gasteiger partial charge in [-0.1, -0.05) is 29.8 Å². The number of nitrogens with one attached hydrogen (secondary N) is 1. The van der Waals surface area contributed by atoms with E-state index in [0.29, 0.717) is 16.9 Å². The van der Waals surface area contributed by atoms with E-state index < -0.39 is 0 Å². The fourth-order valence-corrected chi connectivity index (χ4v) is 1.85. The summed E-state index contributed by atoms with van der Waals surface area (Å²) in [7, 11) is 1.56. The van der Waals surface area contributed by atoms with Gasteiger partial charge in [-0.15, -0.1) is 0 Å². The fraction of sp³-hybridized carbons (Fsp3) is 0.176. The fourth-order valence-electron chi connectivity index (χ4n) is 1.85. The Bertz CT molecular complexity index is 630. The molecule has 0 saturated carbocycles. The first-order chi connectivity index (χ1) is 10.1. The van der Waals surface area contributed by atoms with Crippen molar-refractivity contribution < 1.29 is 14.3 Å². The Morgan fingerprint density at radius 3 is 2.10 bits per heavy atom. The normalized spacial score (nSPS) is 10.0. The number of benzene rings is 2. The maximum absolute atomic E-state index is 12.0. The zero-order chi connectivity index (χ0) is 15.2. The van der Waals surface area contributed by atoms with Crippen molar-refractivity contribution in [3.63, 3.8) is 0 Å². The molecule has 0 radical (unpaired) electrons. The van der Waals surface area contributed by atoms with Crippen molar-refractivity contribution in [2.24, 2.45) is 0 Å². The number of rotatable bonds is 5. The molecule has 108 valence electrons. The number of aryl methyl sites for hydroxylation is 1. The molecule has 21 heavy (non-hydrogen) atoms. The molecule has 0 aromatic heterocycles. The Labute approximate surface area is 123 Å². The number of ketones is 1. The number of methoxy groups -OCH3 is 1. The van der Waals surface area contributed by atoms with Crippen molar-refractivity contribution in [1.29, 1.82) is 0 Å².